The van der Waals surface area contributed by atoms with Gasteiger partial charge >= 0.3 is 0 Å². The number of aryl methyl sites for hydroxylation is 1. The summed E-state index contributed by atoms with van der Waals surface area (Å²) in [6, 6.07) is 3.55. The van der Waals surface area contributed by atoms with Gasteiger partial charge in [0.15, 0.2) is 0 Å². The summed E-state index contributed by atoms with van der Waals surface area (Å²) in [6.07, 6.45) is 3.16. The maximum atomic E-state index is 13.2. The van der Waals surface area contributed by atoms with Crippen molar-refractivity contribution in [2.24, 2.45) is 11.8 Å². The molecule has 0 aromatic heterocycles. The average Bonchev–Trinajstić information content (AvgIpc) is 2.84. The monoisotopic (exact) mass is 348 g/mol. The molecule has 3 heterocycles. The van der Waals surface area contributed by atoms with Crippen LogP contribution in [0.5, 0.6) is 0 Å². The molecule has 4 rings (SSSR count). The van der Waals surface area contributed by atoms with Gasteiger partial charge in [-0.3, -0.25) is 4.79 Å². The molecule has 0 bridgehead atoms. The van der Waals surface area contributed by atoms with Gasteiger partial charge in [-0.15, -0.1) is 0 Å². The lowest BCUT2D eigenvalue weighted by Crippen LogP contribution is -2.42. The predicted molar refractivity (Wildman–Crippen MR) is 92.5 cm³/mol. The number of anilines is 1. The fourth-order valence-electron chi connectivity index (χ4n) is 4.55. The molecule has 2 atom stereocenters. The summed E-state index contributed by atoms with van der Waals surface area (Å²) in [5.74, 6) is 0.863. The number of piperidine rings is 1. The van der Waals surface area contributed by atoms with Crippen molar-refractivity contribution in [3.05, 3.63) is 23.3 Å². The van der Waals surface area contributed by atoms with Gasteiger partial charge in [0, 0.05) is 19.6 Å². The molecule has 0 unspecified atom stereocenters. The molecule has 1 amide bonds. The third-order valence-corrected chi connectivity index (χ3v) is 7.26. The highest BCUT2D eigenvalue weighted by Crippen LogP contribution is 2.39. The highest BCUT2D eigenvalue weighted by molar-refractivity contribution is 7.89. The minimum atomic E-state index is -3.49. The highest BCUT2D eigenvalue weighted by atomic mass is 32.2. The number of hydrogen-bond donors (Lipinski definition) is 0. The lowest BCUT2D eigenvalue weighted by molar-refractivity contribution is -0.117. The number of rotatable bonds is 2. The Labute approximate surface area is 143 Å². The molecule has 0 saturated carbocycles. The number of carbonyl (C=O) groups is 1. The highest BCUT2D eigenvalue weighted by Gasteiger charge is 2.36. The molecule has 130 valence electrons. The van der Waals surface area contributed by atoms with Gasteiger partial charge in [-0.2, -0.15) is 4.31 Å². The van der Waals surface area contributed by atoms with Gasteiger partial charge in [0.1, 0.15) is 0 Å². The fourth-order valence-corrected chi connectivity index (χ4v) is 6.33. The number of sulfonamides is 1. The molecule has 1 fully saturated rings. The fraction of sp³-hybridized carbons (Fsp3) is 0.611. The maximum absolute atomic E-state index is 13.2. The van der Waals surface area contributed by atoms with Crippen LogP contribution in [0.1, 0.15) is 37.8 Å². The molecule has 3 aliphatic heterocycles. The molecule has 0 radical (unpaired) electrons. The zero-order chi connectivity index (χ0) is 17.1. The third kappa shape index (κ3) is 2.47. The standard InChI is InChI=1S/C18H24N2O3S/c1-12-6-13(2)11-19(10-12)24(22,23)16-7-14-4-3-5-20-17(21)9-15(8-16)18(14)20/h7-8,12-13H,3-6,9-11H2,1-2H3/t12-,13+. The Kier molecular flexibility index (Phi) is 3.73. The van der Waals surface area contributed by atoms with Crippen molar-refractivity contribution in [1.29, 1.82) is 0 Å². The van der Waals surface area contributed by atoms with E-state index in [0.717, 1.165) is 42.6 Å². The molecule has 5 nitrogen and oxygen atoms in total. The Morgan fingerprint density at radius 1 is 1.08 bits per heavy atom. The van der Waals surface area contributed by atoms with E-state index in [1.165, 1.54) is 0 Å². The zero-order valence-corrected chi connectivity index (χ0v) is 15.1. The molecular formula is C18H24N2O3S. The molecule has 24 heavy (non-hydrogen) atoms. The molecule has 1 aromatic rings. The minimum Gasteiger partial charge on any atom is -0.312 e. The number of amides is 1. The molecule has 0 spiro atoms. The first-order chi connectivity index (χ1) is 11.4. The van der Waals surface area contributed by atoms with Gasteiger partial charge in [0.05, 0.1) is 17.0 Å². The maximum Gasteiger partial charge on any atom is 0.243 e. The van der Waals surface area contributed by atoms with Crippen LogP contribution in [0.15, 0.2) is 17.0 Å². The van der Waals surface area contributed by atoms with E-state index in [2.05, 4.69) is 13.8 Å². The minimum absolute atomic E-state index is 0.0979. The molecule has 6 heteroatoms. The SMILES string of the molecule is C[C@@H]1C[C@H](C)CN(S(=O)(=O)c2cc3c4c(c2)CC(=O)N4CCC3)C1. The van der Waals surface area contributed by atoms with E-state index >= 15 is 0 Å². The second kappa shape index (κ2) is 5.56. The van der Waals surface area contributed by atoms with Crippen LogP contribution < -0.4 is 4.90 Å². The normalized spacial score (nSPS) is 27.4. The van der Waals surface area contributed by atoms with Crippen LogP contribution in [-0.2, 0) is 27.7 Å². The molecule has 1 saturated heterocycles. The quantitative estimate of drug-likeness (QED) is 0.823. The summed E-state index contributed by atoms with van der Waals surface area (Å²) in [5, 5.41) is 0. The van der Waals surface area contributed by atoms with Crippen LogP contribution in [0.3, 0.4) is 0 Å². The second-order valence-corrected chi connectivity index (χ2v) is 9.62. The van der Waals surface area contributed by atoms with E-state index in [9.17, 15) is 13.2 Å². The number of carbonyl (C=O) groups excluding carboxylic acids is 1. The van der Waals surface area contributed by atoms with Gasteiger partial charge in [-0.1, -0.05) is 13.8 Å². The van der Waals surface area contributed by atoms with E-state index in [0.29, 0.717) is 36.2 Å². The Bertz CT molecular complexity index is 793. The van der Waals surface area contributed by atoms with Crippen molar-refractivity contribution < 1.29 is 13.2 Å². The Balaban J connectivity index is 1.75. The first-order valence-electron chi connectivity index (χ1n) is 8.82. The molecule has 3 aliphatic rings. The lowest BCUT2D eigenvalue weighted by Gasteiger charge is -2.34. The van der Waals surface area contributed by atoms with E-state index < -0.39 is 10.0 Å². The van der Waals surface area contributed by atoms with E-state index in [1.54, 1.807) is 10.4 Å². The predicted octanol–water partition coefficient (Wildman–Crippen LogP) is 2.19. The van der Waals surface area contributed by atoms with Crippen LogP contribution in [0.2, 0.25) is 0 Å². The van der Waals surface area contributed by atoms with Crippen LogP contribution >= 0.6 is 0 Å². The third-order valence-electron chi connectivity index (χ3n) is 5.45. The van der Waals surface area contributed by atoms with Crippen molar-refractivity contribution in [3.63, 3.8) is 0 Å². The molecule has 0 N–H and O–H groups in total. The van der Waals surface area contributed by atoms with Gasteiger partial charge in [0.25, 0.3) is 0 Å². The summed E-state index contributed by atoms with van der Waals surface area (Å²) in [4.78, 5) is 14.4. The number of benzene rings is 1. The molecular weight excluding hydrogens is 324 g/mol. The van der Waals surface area contributed by atoms with E-state index in [1.807, 2.05) is 11.0 Å². The average molecular weight is 348 g/mol. The molecule has 1 aromatic carbocycles. The number of hydrogen-bond acceptors (Lipinski definition) is 3. The van der Waals surface area contributed by atoms with Crippen LogP contribution in [-0.4, -0.2) is 38.3 Å². The summed E-state index contributed by atoms with van der Waals surface area (Å²) >= 11 is 0. The van der Waals surface area contributed by atoms with Crippen molar-refractivity contribution in [2.45, 2.75) is 44.4 Å². The first-order valence-corrected chi connectivity index (χ1v) is 10.3. The van der Waals surface area contributed by atoms with Crippen LogP contribution in [0.25, 0.3) is 0 Å². The largest absolute Gasteiger partial charge is 0.312 e. The van der Waals surface area contributed by atoms with Gasteiger partial charge in [0.2, 0.25) is 15.9 Å². The van der Waals surface area contributed by atoms with Crippen molar-refractivity contribution in [1.82, 2.24) is 4.31 Å². The summed E-state index contributed by atoms with van der Waals surface area (Å²) in [5.41, 5.74) is 2.88. The smallest absolute Gasteiger partial charge is 0.243 e. The van der Waals surface area contributed by atoms with Crippen molar-refractivity contribution in [3.8, 4) is 0 Å². The van der Waals surface area contributed by atoms with Crippen LogP contribution in [0.4, 0.5) is 5.69 Å². The van der Waals surface area contributed by atoms with Crippen LogP contribution in [0, 0.1) is 11.8 Å². The van der Waals surface area contributed by atoms with Gasteiger partial charge in [-0.25, -0.2) is 8.42 Å². The Morgan fingerprint density at radius 3 is 2.46 bits per heavy atom. The summed E-state index contributed by atoms with van der Waals surface area (Å²) < 4.78 is 27.9. The van der Waals surface area contributed by atoms with Gasteiger partial charge in [-0.05, 0) is 54.4 Å². The van der Waals surface area contributed by atoms with Crippen molar-refractivity contribution >= 4 is 21.6 Å². The number of nitrogens with zero attached hydrogens (tertiary/aromatic N) is 2. The lowest BCUT2D eigenvalue weighted by atomic mass is 9.94. The Hall–Kier alpha value is -1.40. The zero-order valence-electron chi connectivity index (χ0n) is 14.3. The van der Waals surface area contributed by atoms with E-state index in [-0.39, 0.29) is 5.91 Å². The summed E-state index contributed by atoms with van der Waals surface area (Å²) in [7, 11) is -3.49. The molecule has 0 aliphatic carbocycles. The Morgan fingerprint density at radius 2 is 1.75 bits per heavy atom. The van der Waals surface area contributed by atoms with Crippen molar-refractivity contribution in [2.75, 3.05) is 24.5 Å². The topological polar surface area (TPSA) is 57.7 Å². The van der Waals surface area contributed by atoms with Gasteiger partial charge < -0.3 is 4.90 Å². The first kappa shape index (κ1) is 16.1. The second-order valence-electron chi connectivity index (χ2n) is 7.68. The summed E-state index contributed by atoms with van der Waals surface area (Å²) in [6.45, 7) is 6.16. The van der Waals surface area contributed by atoms with E-state index in [4.69, 9.17) is 0 Å².